The zero-order valence-electron chi connectivity index (χ0n) is 15.3. The van der Waals surface area contributed by atoms with Gasteiger partial charge in [0, 0.05) is 12.2 Å². The van der Waals surface area contributed by atoms with Crippen LogP contribution in [0.4, 0.5) is 0 Å². The number of amides is 1. The molecule has 0 aliphatic heterocycles. The molecule has 0 saturated carbocycles. The van der Waals surface area contributed by atoms with Gasteiger partial charge in [-0.2, -0.15) is 0 Å². The number of nitrogens with one attached hydrogen (secondary N) is 1. The van der Waals surface area contributed by atoms with Crippen LogP contribution in [0.15, 0.2) is 67.6 Å². The highest BCUT2D eigenvalue weighted by Crippen LogP contribution is 2.33. The molecule has 0 aliphatic rings. The van der Waals surface area contributed by atoms with Crippen LogP contribution in [-0.4, -0.2) is 36.2 Å². The van der Waals surface area contributed by atoms with Crippen LogP contribution in [0.2, 0.25) is 0 Å². The molecule has 0 bridgehead atoms. The van der Waals surface area contributed by atoms with Crippen LogP contribution in [-0.2, 0) is 0 Å². The molecule has 0 atom stereocenters. The normalized spacial score (nSPS) is 10.3. The molecule has 6 heteroatoms. The fraction of sp³-hybridized carbons (Fsp3) is 0.143. The van der Waals surface area contributed by atoms with Gasteiger partial charge in [0.05, 0.1) is 26.7 Å². The number of imidazole rings is 1. The highest BCUT2D eigenvalue weighted by molar-refractivity contribution is 5.93. The number of benzene rings is 2. The Kier molecular flexibility index (Phi) is 5.56. The molecule has 2 aromatic carbocycles. The summed E-state index contributed by atoms with van der Waals surface area (Å²) in [5, 5.41) is 2.77. The number of aromatic nitrogens is 2. The van der Waals surface area contributed by atoms with Crippen LogP contribution >= 0.6 is 0 Å². The predicted octanol–water partition coefficient (Wildman–Crippen LogP) is 3.47. The van der Waals surface area contributed by atoms with E-state index in [0.717, 1.165) is 16.8 Å². The first-order valence-corrected chi connectivity index (χ1v) is 8.42. The van der Waals surface area contributed by atoms with Gasteiger partial charge in [0.25, 0.3) is 5.91 Å². The lowest BCUT2D eigenvalue weighted by Crippen LogP contribution is -2.25. The van der Waals surface area contributed by atoms with Gasteiger partial charge >= 0.3 is 0 Å². The summed E-state index contributed by atoms with van der Waals surface area (Å²) < 4.78 is 12.4. The fourth-order valence-corrected chi connectivity index (χ4v) is 2.78. The number of hydrogen-bond acceptors (Lipinski definition) is 4. The van der Waals surface area contributed by atoms with Crippen molar-refractivity contribution in [2.24, 2.45) is 0 Å². The third kappa shape index (κ3) is 3.84. The van der Waals surface area contributed by atoms with Crippen molar-refractivity contribution in [1.29, 1.82) is 0 Å². The van der Waals surface area contributed by atoms with E-state index in [9.17, 15) is 4.79 Å². The van der Waals surface area contributed by atoms with E-state index in [1.54, 1.807) is 37.4 Å². The maximum Gasteiger partial charge on any atom is 0.270 e. The van der Waals surface area contributed by atoms with E-state index >= 15 is 0 Å². The SMILES string of the molecule is C=CCNC(=O)c1cncn1-c1cccc(-c2ccc(OC)c(OC)c2)c1. The maximum absolute atomic E-state index is 12.3. The molecule has 0 fully saturated rings. The Labute approximate surface area is 158 Å². The first-order valence-electron chi connectivity index (χ1n) is 8.42. The van der Waals surface area contributed by atoms with E-state index in [4.69, 9.17) is 9.47 Å². The van der Waals surface area contributed by atoms with E-state index in [-0.39, 0.29) is 5.91 Å². The topological polar surface area (TPSA) is 65.4 Å². The van der Waals surface area contributed by atoms with Crippen molar-refractivity contribution in [1.82, 2.24) is 14.9 Å². The molecule has 1 heterocycles. The molecule has 1 amide bonds. The summed E-state index contributed by atoms with van der Waals surface area (Å²) in [7, 11) is 3.22. The van der Waals surface area contributed by atoms with Crippen molar-refractivity contribution in [2.75, 3.05) is 20.8 Å². The monoisotopic (exact) mass is 363 g/mol. The predicted molar refractivity (Wildman–Crippen MR) is 105 cm³/mol. The van der Waals surface area contributed by atoms with Crippen molar-refractivity contribution in [2.45, 2.75) is 0 Å². The minimum atomic E-state index is -0.205. The Balaban J connectivity index is 1.97. The molecular weight excluding hydrogens is 342 g/mol. The Morgan fingerprint density at radius 3 is 2.67 bits per heavy atom. The Morgan fingerprint density at radius 1 is 1.15 bits per heavy atom. The second kappa shape index (κ2) is 8.23. The van der Waals surface area contributed by atoms with Gasteiger partial charge in [-0.05, 0) is 35.4 Å². The van der Waals surface area contributed by atoms with Crippen molar-refractivity contribution in [3.63, 3.8) is 0 Å². The third-order valence-electron chi connectivity index (χ3n) is 4.12. The van der Waals surface area contributed by atoms with Gasteiger partial charge in [-0.25, -0.2) is 4.98 Å². The van der Waals surface area contributed by atoms with E-state index in [0.29, 0.717) is 23.7 Å². The summed E-state index contributed by atoms with van der Waals surface area (Å²) in [5.74, 6) is 1.13. The molecule has 138 valence electrons. The number of carbonyl (C=O) groups is 1. The molecule has 0 unspecified atom stereocenters. The summed E-state index contributed by atoms with van der Waals surface area (Å²) in [4.78, 5) is 16.4. The summed E-state index contributed by atoms with van der Waals surface area (Å²) in [6.45, 7) is 4.01. The van der Waals surface area contributed by atoms with Crippen LogP contribution in [0, 0.1) is 0 Å². The summed E-state index contributed by atoms with van der Waals surface area (Å²) in [5.41, 5.74) is 3.26. The lowest BCUT2D eigenvalue weighted by Gasteiger charge is -2.12. The average molecular weight is 363 g/mol. The minimum Gasteiger partial charge on any atom is -0.493 e. The third-order valence-corrected chi connectivity index (χ3v) is 4.12. The van der Waals surface area contributed by atoms with Gasteiger partial charge < -0.3 is 14.8 Å². The van der Waals surface area contributed by atoms with Crippen LogP contribution < -0.4 is 14.8 Å². The van der Waals surface area contributed by atoms with E-state index in [1.165, 1.54) is 0 Å². The number of methoxy groups -OCH3 is 2. The molecule has 0 radical (unpaired) electrons. The van der Waals surface area contributed by atoms with Crippen molar-refractivity contribution < 1.29 is 14.3 Å². The Bertz CT molecular complexity index is 963. The van der Waals surface area contributed by atoms with Gasteiger partial charge in [0.2, 0.25) is 0 Å². The van der Waals surface area contributed by atoms with Gasteiger partial charge in [-0.3, -0.25) is 9.36 Å². The summed E-state index contributed by atoms with van der Waals surface area (Å²) in [6, 6.07) is 13.6. The van der Waals surface area contributed by atoms with E-state index in [1.807, 2.05) is 42.5 Å². The van der Waals surface area contributed by atoms with Crippen molar-refractivity contribution in [3.05, 3.63) is 73.3 Å². The van der Waals surface area contributed by atoms with Gasteiger partial charge in [-0.1, -0.05) is 24.3 Å². The Morgan fingerprint density at radius 2 is 1.93 bits per heavy atom. The van der Waals surface area contributed by atoms with Crippen LogP contribution in [0.1, 0.15) is 10.5 Å². The number of ether oxygens (including phenoxy) is 2. The summed E-state index contributed by atoms with van der Waals surface area (Å²) in [6.07, 6.45) is 4.80. The van der Waals surface area contributed by atoms with Gasteiger partial charge in [-0.15, -0.1) is 6.58 Å². The summed E-state index contributed by atoms with van der Waals surface area (Å²) >= 11 is 0. The molecule has 3 aromatic rings. The molecule has 27 heavy (non-hydrogen) atoms. The van der Waals surface area contributed by atoms with Crippen LogP contribution in [0.5, 0.6) is 11.5 Å². The number of hydrogen-bond donors (Lipinski definition) is 1. The standard InChI is InChI=1S/C21H21N3O3/c1-4-10-23-21(25)18-13-22-14-24(18)17-7-5-6-15(11-17)16-8-9-19(26-2)20(12-16)27-3/h4-9,11-14H,1,10H2,2-3H3,(H,23,25). The number of nitrogens with zero attached hydrogens (tertiary/aromatic N) is 2. The van der Waals surface area contributed by atoms with Crippen molar-refractivity contribution >= 4 is 5.91 Å². The second-order valence-electron chi connectivity index (χ2n) is 5.77. The van der Waals surface area contributed by atoms with Gasteiger partial charge in [0.1, 0.15) is 5.69 Å². The average Bonchev–Trinajstić information content (AvgIpc) is 3.21. The zero-order chi connectivity index (χ0) is 19.2. The highest BCUT2D eigenvalue weighted by atomic mass is 16.5. The molecule has 1 N–H and O–H groups in total. The number of rotatable bonds is 7. The largest absolute Gasteiger partial charge is 0.493 e. The first-order chi connectivity index (χ1) is 13.2. The second-order valence-corrected chi connectivity index (χ2v) is 5.77. The van der Waals surface area contributed by atoms with E-state index < -0.39 is 0 Å². The van der Waals surface area contributed by atoms with E-state index in [2.05, 4.69) is 16.9 Å². The smallest absolute Gasteiger partial charge is 0.270 e. The van der Waals surface area contributed by atoms with Crippen molar-refractivity contribution in [3.8, 4) is 28.3 Å². The lowest BCUT2D eigenvalue weighted by atomic mass is 10.0. The minimum absolute atomic E-state index is 0.205. The molecule has 1 aromatic heterocycles. The molecule has 3 rings (SSSR count). The van der Waals surface area contributed by atoms with Gasteiger partial charge in [0.15, 0.2) is 11.5 Å². The maximum atomic E-state index is 12.3. The number of carbonyl (C=O) groups excluding carboxylic acids is 1. The van der Waals surface area contributed by atoms with Crippen LogP contribution in [0.25, 0.3) is 16.8 Å². The van der Waals surface area contributed by atoms with Crippen LogP contribution in [0.3, 0.4) is 0 Å². The molecular formula is C21H21N3O3. The molecule has 0 saturated heterocycles. The first kappa shape index (κ1) is 18.3. The quantitative estimate of drug-likeness (QED) is 0.653. The Hall–Kier alpha value is -3.54. The lowest BCUT2D eigenvalue weighted by molar-refractivity contribution is 0.0951. The molecule has 6 nitrogen and oxygen atoms in total. The highest BCUT2D eigenvalue weighted by Gasteiger charge is 2.13. The fourth-order valence-electron chi connectivity index (χ4n) is 2.78. The molecule has 0 aliphatic carbocycles. The zero-order valence-corrected chi connectivity index (χ0v) is 15.3. The molecule has 0 spiro atoms.